The molecule has 0 saturated carbocycles. The minimum atomic E-state index is -0.866. The predicted molar refractivity (Wildman–Crippen MR) is 138 cm³/mol. The van der Waals surface area contributed by atoms with Gasteiger partial charge in [-0.05, 0) is 53.8 Å². The summed E-state index contributed by atoms with van der Waals surface area (Å²) in [5.74, 6) is -0.124. The highest BCUT2D eigenvalue weighted by atomic mass is 35.5. The second kappa shape index (κ2) is 8.27. The Labute approximate surface area is 204 Å². The number of aryl methyl sites for hydroxylation is 1. The van der Waals surface area contributed by atoms with Crippen LogP contribution in [-0.4, -0.2) is 17.0 Å². The number of carbonyl (C=O) groups excluding carboxylic acids is 1. The van der Waals surface area contributed by atoms with Crippen LogP contribution in [0.3, 0.4) is 0 Å². The third-order valence-electron chi connectivity index (χ3n) is 7.04. The highest BCUT2D eigenvalue weighted by Crippen LogP contribution is 2.51. The van der Waals surface area contributed by atoms with Crippen LogP contribution in [0.5, 0.6) is 0 Å². The number of para-hydroxylation sites is 1. The summed E-state index contributed by atoms with van der Waals surface area (Å²) < 4.78 is 0. The lowest BCUT2D eigenvalue weighted by Gasteiger charge is -2.43. The lowest BCUT2D eigenvalue weighted by molar-refractivity contribution is 0.0856. The Bertz CT molecular complexity index is 1380. The molecule has 3 nitrogen and oxygen atoms in total. The van der Waals surface area contributed by atoms with Gasteiger partial charge in [0.15, 0.2) is 5.78 Å². The number of carbonyl (C=O) groups is 1. The van der Waals surface area contributed by atoms with Crippen LogP contribution in [0.4, 0.5) is 5.69 Å². The first-order valence-electron chi connectivity index (χ1n) is 11.6. The summed E-state index contributed by atoms with van der Waals surface area (Å²) in [6, 6.07) is 36.1. The minimum Gasteiger partial charge on any atom is -0.291 e. The molecule has 4 aromatic rings. The quantitative estimate of drug-likeness (QED) is 0.331. The second-order valence-corrected chi connectivity index (χ2v) is 9.33. The molecule has 2 aliphatic rings. The number of hydrogen-bond acceptors (Lipinski definition) is 3. The van der Waals surface area contributed by atoms with Gasteiger partial charge < -0.3 is 0 Å². The van der Waals surface area contributed by atoms with Crippen molar-refractivity contribution in [2.24, 2.45) is 5.10 Å². The number of nitrogens with zero attached hydrogens (tertiary/aromatic N) is 2. The van der Waals surface area contributed by atoms with Gasteiger partial charge in [-0.1, -0.05) is 96.5 Å². The molecular formula is C30H23ClN2O. The molecule has 0 N–H and O–H groups in total. The van der Waals surface area contributed by atoms with Crippen LogP contribution in [0.1, 0.15) is 39.4 Å². The van der Waals surface area contributed by atoms with Gasteiger partial charge in [-0.25, -0.2) is 0 Å². The lowest BCUT2D eigenvalue weighted by Crippen LogP contribution is -2.56. The first-order valence-corrected chi connectivity index (χ1v) is 11.9. The van der Waals surface area contributed by atoms with E-state index >= 15 is 0 Å². The third kappa shape index (κ3) is 3.19. The van der Waals surface area contributed by atoms with Gasteiger partial charge in [0.1, 0.15) is 5.54 Å². The summed E-state index contributed by atoms with van der Waals surface area (Å²) in [6.45, 7) is 0. The van der Waals surface area contributed by atoms with Gasteiger partial charge in [-0.3, -0.25) is 9.80 Å². The van der Waals surface area contributed by atoms with Gasteiger partial charge in [-0.15, -0.1) is 0 Å². The number of hydrogen-bond donors (Lipinski definition) is 0. The summed E-state index contributed by atoms with van der Waals surface area (Å²) in [4.78, 5) is 14.5. The van der Waals surface area contributed by atoms with Crippen LogP contribution in [0.25, 0.3) is 0 Å². The highest BCUT2D eigenvalue weighted by molar-refractivity contribution is 6.30. The first-order chi connectivity index (χ1) is 16.7. The Balaban J connectivity index is 1.63. The zero-order chi connectivity index (χ0) is 23.1. The predicted octanol–water partition coefficient (Wildman–Crippen LogP) is 6.92. The monoisotopic (exact) mass is 462 g/mol. The van der Waals surface area contributed by atoms with Crippen LogP contribution < -0.4 is 5.01 Å². The van der Waals surface area contributed by atoms with E-state index in [0.717, 1.165) is 40.1 Å². The molecule has 0 fully saturated rings. The molecule has 0 aromatic heterocycles. The molecule has 2 atom stereocenters. The van der Waals surface area contributed by atoms with E-state index in [9.17, 15) is 4.79 Å². The van der Waals surface area contributed by atoms with Crippen molar-refractivity contribution in [1.29, 1.82) is 0 Å². The lowest BCUT2D eigenvalue weighted by atomic mass is 9.65. The SMILES string of the molecule is O=C1c2ccccc2CCC12C(c1ccc(Cl)cc1)C(c1ccccc1)=NN2c1ccccc1. The van der Waals surface area contributed by atoms with E-state index in [2.05, 4.69) is 18.2 Å². The Morgan fingerprint density at radius 1 is 0.794 bits per heavy atom. The number of rotatable bonds is 3. The molecule has 4 heteroatoms. The molecular weight excluding hydrogens is 440 g/mol. The molecule has 1 aliphatic carbocycles. The van der Waals surface area contributed by atoms with E-state index < -0.39 is 5.54 Å². The maximum atomic E-state index is 14.5. The molecule has 4 aromatic carbocycles. The van der Waals surface area contributed by atoms with Crippen LogP contribution in [0.15, 0.2) is 114 Å². The van der Waals surface area contributed by atoms with Crippen molar-refractivity contribution in [3.63, 3.8) is 0 Å². The smallest absolute Gasteiger partial charge is 0.191 e. The number of Topliss-reactive ketones (excluding diaryl/α,β-unsaturated/α-hetero) is 1. The number of fused-ring (bicyclic) bond motifs is 1. The van der Waals surface area contributed by atoms with Gasteiger partial charge in [0.25, 0.3) is 0 Å². The number of halogens is 1. The molecule has 166 valence electrons. The van der Waals surface area contributed by atoms with E-state index in [-0.39, 0.29) is 11.7 Å². The number of ketones is 1. The molecule has 2 unspecified atom stereocenters. The average molecular weight is 463 g/mol. The van der Waals surface area contributed by atoms with Gasteiger partial charge in [-0.2, -0.15) is 5.10 Å². The van der Waals surface area contributed by atoms with Crippen LogP contribution in [0.2, 0.25) is 5.02 Å². The third-order valence-corrected chi connectivity index (χ3v) is 7.29. The molecule has 1 heterocycles. The van der Waals surface area contributed by atoms with Crippen molar-refractivity contribution in [2.75, 3.05) is 5.01 Å². The number of hydrazone groups is 1. The van der Waals surface area contributed by atoms with Gasteiger partial charge in [0, 0.05) is 10.6 Å². The van der Waals surface area contributed by atoms with Crippen LogP contribution in [0, 0.1) is 0 Å². The van der Waals surface area contributed by atoms with Crippen molar-refractivity contribution in [1.82, 2.24) is 0 Å². The normalized spacial score (nSPS) is 21.4. The maximum absolute atomic E-state index is 14.5. The molecule has 1 spiro atoms. The Hall–Kier alpha value is -3.69. The summed E-state index contributed by atoms with van der Waals surface area (Å²) in [6.07, 6.45) is 1.48. The van der Waals surface area contributed by atoms with Crippen molar-refractivity contribution in [3.8, 4) is 0 Å². The van der Waals surface area contributed by atoms with E-state index in [4.69, 9.17) is 16.7 Å². The average Bonchev–Trinajstić information content (AvgIpc) is 3.24. The second-order valence-electron chi connectivity index (χ2n) is 8.89. The van der Waals surface area contributed by atoms with Crippen molar-refractivity contribution in [2.45, 2.75) is 24.3 Å². The van der Waals surface area contributed by atoms with Crippen molar-refractivity contribution >= 4 is 28.8 Å². The summed E-state index contributed by atoms with van der Waals surface area (Å²) in [5, 5.41) is 7.87. The van der Waals surface area contributed by atoms with E-state index in [1.807, 2.05) is 96.0 Å². The fourth-order valence-corrected chi connectivity index (χ4v) is 5.62. The molecule has 0 saturated heterocycles. The molecule has 34 heavy (non-hydrogen) atoms. The summed E-state index contributed by atoms with van der Waals surface area (Å²) in [7, 11) is 0. The van der Waals surface area contributed by atoms with Crippen molar-refractivity contribution < 1.29 is 4.79 Å². The van der Waals surface area contributed by atoms with E-state index in [1.165, 1.54) is 0 Å². The standard InChI is InChI=1S/C30H23ClN2O/c31-24-17-15-22(16-18-24)27-28(23-10-3-1-4-11-23)32-33(25-12-5-2-6-13-25)30(27)20-19-21-9-7-8-14-26(21)29(30)34/h1-18,27H,19-20H2. The minimum absolute atomic E-state index is 0.118. The topological polar surface area (TPSA) is 32.7 Å². The largest absolute Gasteiger partial charge is 0.291 e. The van der Waals surface area contributed by atoms with Crippen LogP contribution in [-0.2, 0) is 6.42 Å². The Morgan fingerprint density at radius 3 is 2.18 bits per heavy atom. The number of benzene rings is 4. The van der Waals surface area contributed by atoms with E-state index in [1.54, 1.807) is 0 Å². The summed E-state index contributed by atoms with van der Waals surface area (Å²) in [5.41, 5.74) is 4.91. The molecule has 0 amide bonds. The zero-order valence-electron chi connectivity index (χ0n) is 18.6. The molecule has 1 aliphatic heterocycles. The fourth-order valence-electron chi connectivity index (χ4n) is 5.49. The Morgan fingerprint density at radius 2 is 1.44 bits per heavy atom. The van der Waals surface area contributed by atoms with Gasteiger partial charge in [0.2, 0.25) is 0 Å². The summed E-state index contributed by atoms with van der Waals surface area (Å²) >= 11 is 6.26. The first kappa shape index (κ1) is 20.9. The van der Waals surface area contributed by atoms with Gasteiger partial charge >= 0.3 is 0 Å². The molecule has 0 bridgehead atoms. The van der Waals surface area contributed by atoms with Crippen LogP contribution >= 0.6 is 11.6 Å². The Kier molecular flexibility index (Phi) is 5.08. The molecule has 6 rings (SSSR count). The fraction of sp³-hybridized carbons (Fsp3) is 0.133. The zero-order valence-corrected chi connectivity index (χ0v) is 19.3. The van der Waals surface area contributed by atoms with Crippen molar-refractivity contribution in [3.05, 3.63) is 136 Å². The van der Waals surface area contributed by atoms with Gasteiger partial charge in [0.05, 0.1) is 17.3 Å². The van der Waals surface area contributed by atoms with E-state index in [0.29, 0.717) is 11.4 Å². The maximum Gasteiger partial charge on any atom is 0.191 e. The highest BCUT2D eigenvalue weighted by Gasteiger charge is 2.59. The number of anilines is 1. The molecule has 0 radical (unpaired) electrons.